The molecule has 0 saturated carbocycles. The molecule has 1 aliphatic rings. The summed E-state index contributed by atoms with van der Waals surface area (Å²) in [6, 6.07) is 4.87. The van der Waals surface area contributed by atoms with E-state index in [9.17, 15) is 14.7 Å². The molecule has 1 aromatic carbocycles. The fraction of sp³-hybridized carbons (Fsp3) is 0.467. The van der Waals surface area contributed by atoms with Crippen molar-refractivity contribution in [3.05, 3.63) is 28.2 Å². The first-order valence-electron chi connectivity index (χ1n) is 7.09. The van der Waals surface area contributed by atoms with Crippen molar-refractivity contribution in [1.29, 1.82) is 0 Å². The summed E-state index contributed by atoms with van der Waals surface area (Å²) < 4.78 is 5.53. The standard InChI is InChI=1S/C15H17Cl2NO4S/c1-9(22-11-4-2-3-10(16)12(11)17)13(19)18-15(14(20)21)5-7-23-8-6-15/h2-4,9H,5-8H2,1H3,(H,18,19)(H,20,21). The zero-order valence-electron chi connectivity index (χ0n) is 12.5. The number of nitrogens with one attached hydrogen (secondary N) is 1. The lowest BCUT2D eigenvalue weighted by Gasteiger charge is -2.34. The summed E-state index contributed by atoms with van der Waals surface area (Å²) in [5.41, 5.74) is -1.22. The number of hydrogen-bond acceptors (Lipinski definition) is 4. The van der Waals surface area contributed by atoms with Crippen molar-refractivity contribution in [2.24, 2.45) is 0 Å². The van der Waals surface area contributed by atoms with Crippen LogP contribution in [-0.2, 0) is 9.59 Å². The summed E-state index contributed by atoms with van der Waals surface area (Å²) in [6.07, 6.45) is -0.107. The number of aliphatic carboxylic acids is 1. The molecule has 0 aliphatic carbocycles. The Morgan fingerprint density at radius 3 is 2.61 bits per heavy atom. The molecule has 1 saturated heterocycles. The first-order valence-corrected chi connectivity index (χ1v) is 9.00. The third kappa shape index (κ3) is 4.25. The lowest BCUT2D eigenvalue weighted by atomic mass is 9.92. The van der Waals surface area contributed by atoms with Crippen LogP contribution < -0.4 is 10.1 Å². The second kappa shape index (κ2) is 7.64. The fourth-order valence-corrected chi connectivity index (χ4v) is 3.79. The largest absolute Gasteiger partial charge is 0.480 e. The molecule has 0 radical (unpaired) electrons. The smallest absolute Gasteiger partial charge is 0.329 e. The maximum absolute atomic E-state index is 12.3. The van der Waals surface area contributed by atoms with E-state index in [4.69, 9.17) is 27.9 Å². The molecular weight excluding hydrogens is 361 g/mol. The highest BCUT2D eigenvalue weighted by molar-refractivity contribution is 7.99. The van der Waals surface area contributed by atoms with Gasteiger partial charge in [-0.1, -0.05) is 29.3 Å². The van der Waals surface area contributed by atoms with Crippen molar-refractivity contribution in [3.63, 3.8) is 0 Å². The lowest BCUT2D eigenvalue weighted by Crippen LogP contribution is -2.58. The average Bonchev–Trinajstić information content (AvgIpc) is 2.52. The average molecular weight is 378 g/mol. The maximum atomic E-state index is 12.3. The zero-order chi connectivity index (χ0) is 17.0. The van der Waals surface area contributed by atoms with Gasteiger partial charge in [0.05, 0.1) is 5.02 Å². The summed E-state index contributed by atoms with van der Waals surface area (Å²) in [5.74, 6) is 0.170. The van der Waals surface area contributed by atoms with Crippen molar-refractivity contribution < 1.29 is 19.4 Å². The normalized spacial score (nSPS) is 18.0. The maximum Gasteiger partial charge on any atom is 0.329 e. The Labute approximate surface area is 148 Å². The summed E-state index contributed by atoms with van der Waals surface area (Å²) in [7, 11) is 0. The number of hydrogen-bond donors (Lipinski definition) is 2. The molecule has 0 spiro atoms. The van der Waals surface area contributed by atoms with E-state index in [2.05, 4.69) is 5.32 Å². The number of carbonyl (C=O) groups is 2. The van der Waals surface area contributed by atoms with Gasteiger partial charge >= 0.3 is 5.97 Å². The molecular formula is C15H17Cl2NO4S. The molecule has 1 unspecified atom stereocenters. The molecule has 1 fully saturated rings. The predicted molar refractivity (Wildman–Crippen MR) is 91.6 cm³/mol. The molecule has 126 valence electrons. The van der Waals surface area contributed by atoms with Gasteiger partial charge in [0.25, 0.3) is 5.91 Å². The van der Waals surface area contributed by atoms with E-state index < -0.39 is 23.5 Å². The van der Waals surface area contributed by atoms with Gasteiger partial charge in [-0.2, -0.15) is 11.8 Å². The van der Waals surface area contributed by atoms with Gasteiger partial charge in [0.15, 0.2) is 6.10 Å². The quantitative estimate of drug-likeness (QED) is 0.823. The first-order chi connectivity index (χ1) is 10.9. The second-order valence-corrected chi connectivity index (χ2v) is 7.31. The predicted octanol–water partition coefficient (Wildman–Crippen LogP) is 3.23. The van der Waals surface area contributed by atoms with Gasteiger partial charge < -0.3 is 15.2 Å². The van der Waals surface area contributed by atoms with E-state index in [0.717, 1.165) is 0 Å². The minimum absolute atomic E-state index is 0.218. The van der Waals surface area contributed by atoms with Crippen LogP contribution in [0.15, 0.2) is 18.2 Å². The molecule has 0 bridgehead atoms. The third-order valence-electron chi connectivity index (χ3n) is 3.71. The van der Waals surface area contributed by atoms with E-state index in [1.165, 1.54) is 0 Å². The number of benzene rings is 1. The summed E-state index contributed by atoms with van der Waals surface area (Å²) >= 11 is 13.6. The minimum Gasteiger partial charge on any atom is -0.480 e. The zero-order valence-corrected chi connectivity index (χ0v) is 14.8. The van der Waals surface area contributed by atoms with Crippen molar-refractivity contribution in [2.75, 3.05) is 11.5 Å². The van der Waals surface area contributed by atoms with E-state index in [0.29, 0.717) is 29.4 Å². The number of rotatable bonds is 5. The summed E-state index contributed by atoms with van der Waals surface area (Å²) in [5, 5.41) is 12.7. The number of amides is 1. The summed E-state index contributed by atoms with van der Waals surface area (Å²) in [4.78, 5) is 23.9. The van der Waals surface area contributed by atoms with E-state index >= 15 is 0 Å². The molecule has 2 rings (SSSR count). The highest BCUT2D eigenvalue weighted by atomic mass is 35.5. The van der Waals surface area contributed by atoms with Gasteiger partial charge in [-0.3, -0.25) is 4.79 Å². The molecule has 1 amide bonds. The van der Waals surface area contributed by atoms with E-state index in [-0.39, 0.29) is 10.8 Å². The van der Waals surface area contributed by atoms with Crippen LogP contribution in [0.1, 0.15) is 19.8 Å². The Kier molecular flexibility index (Phi) is 6.06. The monoisotopic (exact) mass is 377 g/mol. The van der Waals surface area contributed by atoms with Crippen LogP contribution in [0.3, 0.4) is 0 Å². The lowest BCUT2D eigenvalue weighted by molar-refractivity contribution is -0.149. The van der Waals surface area contributed by atoms with Gasteiger partial charge in [-0.05, 0) is 43.4 Å². The fourth-order valence-electron chi connectivity index (χ4n) is 2.27. The molecule has 0 aromatic heterocycles. The van der Waals surface area contributed by atoms with Gasteiger partial charge in [-0.15, -0.1) is 0 Å². The van der Waals surface area contributed by atoms with Crippen LogP contribution in [-0.4, -0.2) is 40.1 Å². The Bertz CT molecular complexity index is 605. The minimum atomic E-state index is -1.22. The SMILES string of the molecule is CC(Oc1cccc(Cl)c1Cl)C(=O)NC1(C(=O)O)CCSCC1. The number of carboxylic acids is 1. The number of carboxylic acid groups (broad SMARTS) is 1. The van der Waals surface area contributed by atoms with Crippen molar-refractivity contribution >= 4 is 46.8 Å². The first kappa shape index (κ1) is 18.2. The molecule has 2 N–H and O–H groups in total. The van der Waals surface area contributed by atoms with Gasteiger partial charge in [-0.25, -0.2) is 4.79 Å². The van der Waals surface area contributed by atoms with Crippen LogP contribution in [0.5, 0.6) is 5.75 Å². The highest BCUT2D eigenvalue weighted by Crippen LogP contribution is 2.32. The van der Waals surface area contributed by atoms with Crippen LogP contribution >= 0.6 is 35.0 Å². The van der Waals surface area contributed by atoms with Crippen molar-refractivity contribution in [3.8, 4) is 5.75 Å². The molecule has 8 heteroatoms. The second-order valence-electron chi connectivity index (χ2n) is 5.30. The number of thioether (sulfide) groups is 1. The van der Waals surface area contributed by atoms with Gasteiger partial charge in [0.2, 0.25) is 0 Å². The molecule has 1 atom stereocenters. The Morgan fingerprint density at radius 2 is 2.00 bits per heavy atom. The highest BCUT2D eigenvalue weighted by Gasteiger charge is 2.42. The number of ether oxygens (including phenoxy) is 1. The number of halogens is 2. The third-order valence-corrected chi connectivity index (χ3v) is 5.49. The molecule has 5 nitrogen and oxygen atoms in total. The van der Waals surface area contributed by atoms with Crippen molar-refractivity contribution in [1.82, 2.24) is 5.32 Å². The topological polar surface area (TPSA) is 75.6 Å². The van der Waals surface area contributed by atoms with Gasteiger partial charge in [0, 0.05) is 0 Å². The van der Waals surface area contributed by atoms with E-state index in [1.807, 2.05) is 0 Å². The van der Waals surface area contributed by atoms with Crippen LogP contribution in [0.2, 0.25) is 10.0 Å². The Hall–Kier alpha value is -1.11. The number of carbonyl (C=O) groups excluding carboxylic acids is 1. The molecule has 1 heterocycles. The van der Waals surface area contributed by atoms with Crippen LogP contribution in [0.4, 0.5) is 0 Å². The Balaban J connectivity index is 2.07. The Morgan fingerprint density at radius 1 is 1.35 bits per heavy atom. The summed E-state index contributed by atoms with van der Waals surface area (Å²) in [6.45, 7) is 1.54. The van der Waals surface area contributed by atoms with Gasteiger partial charge in [0.1, 0.15) is 16.3 Å². The van der Waals surface area contributed by atoms with Crippen LogP contribution in [0.25, 0.3) is 0 Å². The molecule has 1 aromatic rings. The molecule has 23 heavy (non-hydrogen) atoms. The molecule has 1 aliphatic heterocycles. The van der Waals surface area contributed by atoms with E-state index in [1.54, 1.807) is 36.9 Å². The van der Waals surface area contributed by atoms with Crippen LogP contribution in [0, 0.1) is 0 Å². The van der Waals surface area contributed by atoms with Crippen molar-refractivity contribution in [2.45, 2.75) is 31.4 Å².